The predicted octanol–water partition coefficient (Wildman–Crippen LogP) is 8.01. The Balaban J connectivity index is 1.49. The van der Waals surface area contributed by atoms with E-state index in [4.69, 9.17) is 0 Å². The highest BCUT2D eigenvalue weighted by Gasteiger charge is 2.32. The summed E-state index contributed by atoms with van der Waals surface area (Å²) in [4.78, 5) is 0. The minimum Gasteiger partial charge on any atom is -0.403 e. The van der Waals surface area contributed by atoms with Crippen molar-refractivity contribution in [3.63, 3.8) is 0 Å². The molecule has 0 bridgehead atoms. The lowest BCUT2D eigenvalue weighted by atomic mass is 9.83. The number of hydrogen-bond donors (Lipinski definition) is 0. The maximum absolute atomic E-state index is 13.9. The van der Waals surface area contributed by atoms with E-state index in [1.54, 1.807) is 0 Å². The van der Waals surface area contributed by atoms with Crippen molar-refractivity contribution >= 4 is 0 Å². The molecular weight excluding hydrogens is 440 g/mol. The largest absolute Gasteiger partial charge is 0.573 e. The minimum absolute atomic E-state index is 0.279. The molecule has 1 aliphatic carbocycles. The van der Waals surface area contributed by atoms with Crippen LogP contribution in [0.1, 0.15) is 60.4 Å². The van der Waals surface area contributed by atoms with Gasteiger partial charge in [-0.1, -0.05) is 62.3 Å². The van der Waals surface area contributed by atoms with Gasteiger partial charge in [0.2, 0.25) is 0 Å². The van der Waals surface area contributed by atoms with Crippen LogP contribution < -0.4 is 4.74 Å². The molecule has 176 valence electrons. The fourth-order valence-corrected chi connectivity index (χ4v) is 4.37. The summed E-state index contributed by atoms with van der Waals surface area (Å²) in [6.07, 6.45) is 3.13. The Morgan fingerprint density at radius 2 is 1.44 bits per heavy atom. The van der Waals surface area contributed by atoms with Gasteiger partial charge >= 0.3 is 6.36 Å². The molecule has 0 unspecified atom stereocenters. The number of halogens is 4. The highest BCUT2D eigenvalue weighted by atomic mass is 19.4. The number of unbranched alkanes of at least 4 members (excludes halogenated alkanes) is 3. The predicted molar refractivity (Wildman–Crippen MR) is 126 cm³/mol. The maximum atomic E-state index is 13.9. The first-order chi connectivity index (χ1) is 16.3. The zero-order valence-corrected chi connectivity index (χ0v) is 19.1. The summed E-state index contributed by atoms with van der Waals surface area (Å²) in [5.74, 6) is 3.85. The Morgan fingerprint density at radius 3 is 2.12 bits per heavy atom. The standard InChI is InChI=1S/C29H26F4O/c1-2-3-4-5-6-20-9-14-25-23(17-20)12-13-24-18-21(10-15-26(24)25)7-8-22-11-16-28(27(30)19-22)34-29(31,32)33/h9-11,14-19H,2-6,12-13H2,1H3. The third-order valence-corrected chi connectivity index (χ3v) is 6.06. The van der Waals surface area contributed by atoms with Gasteiger partial charge < -0.3 is 4.74 Å². The molecule has 0 aromatic heterocycles. The van der Waals surface area contributed by atoms with E-state index in [1.165, 1.54) is 59.6 Å². The monoisotopic (exact) mass is 466 g/mol. The van der Waals surface area contributed by atoms with Crippen molar-refractivity contribution in [2.45, 2.75) is 58.2 Å². The molecule has 5 heteroatoms. The fraction of sp³-hybridized carbons (Fsp3) is 0.310. The minimum atomic E-state index is -4.94. The molecule has 0 aliphatic heterocycles. The Morgan fingerprint density at radius 1 is 0.794 bits per heavy atom. The lowest BCUT2D eigenvalue weighted by molar-refractivity contribution is -0.275. The van der Waals surface area contributed by atoms with Gasteiger partial charge in [-0.3, -0.25) is 0 Å². The average Bonchev–Trinajstić information content (AvgIpc) is 2.81. The lowest BCUT2D eigenvalue weighted by Gasteiger charge is -2.21. The summed E-state index contributed by atoms with van der Waals surface area (Å²) in [5.41, 5.74) is 7.54. The van der Waals surface area contributed by atoms with E-state index in [0.29, 0.717) is 0 Å². The molecule has 0 spiro atoms. The summed E-state index contributed by atoms with van der Waals surface area (Å²) < 4.78 is 54.5. The van der Waals surface area contributed by atoms with E-state index in [1.807, 2.05) is 12.1 Å². The second kappa shape index (κ2) is 10.3. The van der Waals surface area contributed by atoms with Crippen LogP contribution in [0, 0.1) is 17.7 Å². The van der Waals surface area contributed by atoms with Crippen LogP contribution in [0.3, 0.4) is 0 Å². The molecule has 0 N–H and O–H groups in total. The Hall–Kier alpha value is -3.26. The molecule has 3 aromatic carbocycles. The maximum Gasteiger partial charge on any atom is 0.573 e. The van der Waals surface area contributed by atoms with Crippen LogP contribution in [0.15, 0.2) is 54.6 Å². The molecule has 0 heterocycles. The van der Waals surface area contributed by atoms with Crippen molar-refractivity contribution in [3.8, 4) is 28.7 Å². The van der Waals surface area contributed by atoms with Gasteiger partial charge in [-0.05, 0) is 83.8 Å². The van der Waals surface area contributed by atoms with E-state index in [-0.39, 0.29) is 5.56 Å². The number of hydrogen-bond acceptors (Lipinski definition) is 1. The fourth-order valence-electron chi connectivity index (χ4n) is 4.37. The third-order valence-electron chi connectivity index (χ3n) is 6.06. The number of ether oxygens (including phenoxy) is 1. The van der Waals surface area contributed by atoms with E-state index in [0.717, 1.165) is 37.0 Å². The van der Waals surface area contributed by atoms with Crippen molar-refractivity contribution in [1.82, 2.24) is 0 Å². The van der Waals surface area contributed by atoms with Crippen molar-refractivity contribution in [3.05, 3.63) is 88.2 Å². The van der Waals surface area contributed by atoms with Crippen molar-refractivity contribution in [2.75, 3.05) is 0 Å². The van der Waals surface area contributed by atoms with Crippen LogP contribution in [-0.2, 0) is 19.3 Å². The quantitative estimate of drug-likeness (QED) is 0.203. The van der Waals surface area contributed by atoms with Gasteiger partial charge in [0, 0.05) is 11.1 Å². The number of benzene rings is 3. The number of aryl methyl sites for hydroxylation is 3. The van der Waals surface area contributed by atoms with E-state index >= 15 is 0 Å². The van der Waals surface area contributed by atoms with Crippen LogP contribution in [0.2, 0.25) is 0 Å². The molecule has 0 atom stereocenters. The first kappa shape index (κ1) is 23.9. The summed E-state index contributed by atoms with van der Waals surface area (Å²) in [6, 6.07) is 16.0. The molecule has 0 amide bonds. The molecule has 0 saturated heterocycles. The second-order valence-electron chi connectivity index (χ2n) is 8.62. The average molecular weight is 467 g/mol. The van der Waals surface area contributed by atoms with E-state index in [9.17, 15) is 17.6 Å². The van der Waals surface area contributed by atoms with Crippen LogP contribution >= 0.6 is 0 Å². The van der Waals surface area contributed by atoms with Crippen LogP contribution in [0.5, 0.6) is 5.75 Å². The SMILES string of the molecule is CCCCCCc1ccc2c(c1)CCc1cc(C#Cc3ccc(OC(F)(F)F)c(F)c3)ccc1-2. The van der Waals surface area contributed by atoms with Crippen molar-refractivity contribution < 1.29 is 22.3 Å². The summed E-state index contributed by atoms with van der Waals surface area (Å²) >= 11 is 0. The second-order valence-corrected chi connectivity index (χ2v) is 8.62. The summed E-state index contributed by atoms with van der Waals surface area (Å²) in [5, 5.41) is 0. The lowest BCUT2D eigenvalue weighted by Crippen LogP contribution is -2.17. The van der Waals surface area contributed by atoms with E-state index in [2.05, 4.69) is 47.8 Å². The summed E-state index contributed by atoms with van der Waals surface area (Å²) in [6.45, 7) is 2.22. The summed E-state index contributed by atoms with van der Waals surface area (Å²) in [7, 11) is 0. The number of alkyl halides is 3. The molecule has 3 aromatic rings. The van der Waals surface area contributed by atoms with Gasteiger partial charge in [-0.25, -0.2) is 4.39 Å². The van der Waals surface area contributed by atoms with Crippen molar-refractivity contribution in [2.24, 2.45) is 0 Å². The first-order valence-electron chi connectivity index (χ1n) is 11.6. The zero-order valence-electron chi connectivity index (χ0n) is 19.1. The zero-order chi connectivity index (χ0) is 24.1. The van der Waals surface area contributed by atoms with E-state index < -0.39 is 17.9 Å². The Bertz CT molecular complexity index is 1230. The molecule has 1 aliphatic rings. The van der Waals surface area contributed by atoms with Crippen LogP contribution in [0.25, 0.3) is 11.1 Å². The molecule has 0 fully saturated rings. The topological polar surface area (TPSA) is 9.23 Å². The number of fused-ring (bicyclic) bond motifs is 3. The molecule has 0 radical (unpaired) electrons. The van der Waals surface area contributed by atoms with Gasteiger partial charge in [-0.15, -0.1) is 13.2 Å². The highest BCUT2D eigenvalue weighted by Crippen LogP contribution is 2.35. The van der Waals surface area contributed by atoms with Gasteiger partial charge in [-0.2, -0.15) is 0 Å². The molecule has 0 saturated carbocycles. The Kier molecular flexibility index (Phi) is 7.26. The smallest absolute Gasteiger partial charge is 0.403 e. The molecule has 4 rings (SSSR count). The van der Waals surface area contributed by atoms with Crippen LogP contribution in [-0.4, -0.2) is 6.36 Å². The van der Waals surface area contributed by atoms with Crippen molar-refractivity contribution in [1.29, 1.82) is 0 Å². The van der Waals surface area contributed by atoms with Gasteiger partial charge in [0.15, 0.2) is 11.6 Å². The van der Waals surface area contributed by atoms with Crippen LogP contribution in [0.4, 0.5) is 17.6 Å². The normalized spacial score (nSPS) is 12.4. The third kappa shape index (κ3) is 5.99. The highest BCUT2D eigenvalue weighted by molar-refractivity contribution is 5.74. The molecular formula is C29H26F4O. The Labute approximate surface area is 197 Å². The first-order valence-corrected chi connectivity index (χ1v) is 11.6. The number of rotatable bonds is 6. The van der Waals surface area contributed by atoms with Gasteiger partial charge in [0.05, 0.1) is 0 Å². The van der Waals surface area contributed by atoms with Gasteiger partial charge in [0.25, 0.3) is 0 Å². The van der Waals surface area contributed by atoms with Gasteiger partial charge in [0.1, 0.15) is 0 Å². The molecule has 34 heavy (non-hydrogen) atoms. The molecule has 1 nitrogen and oxygen atoms in total.